The quantitative estimate of drug-likeness (QED) is 0.376. The molecule has 3 fully saturated rings. The van der Waals surface area contributed by atoms with E-state index in [-0.39, 0.29) is 54.0 Å². The molecule has 14 nitrogen and oxygen atoms in total. The Balaban J connectivity index is 1.26. The third-order valence-corrected chi connectivity index (χ3v) is 13.3. The van der Waals surface area contributed by atoms with Gasteiger partial charge in [-0.05, 0) is 63.6 Å². The minimum Gasteiger partial charge on any atom is -0.444 e. The summed E-state index contributed by atoms with van der Waals surface area (Å²) in [5, 5.41) is 7.09. The number of sulfonamides is 1. The van der Waals surface area contributed by atoms with Gasteiger partial charge in [0, 0.05) is 23.9 Å². The van der Waals surface area contributed by atoms with Crippen molar-refractivity contribution in [2.75, 3.05) is 6.54 Å². The lowest BCUT2D eigenvalue weighted by molar-refractivity contribution is -0.141. The van der Waals surface area contributed by atoms with Crippen LogP contribution in [0.2, 0.25) is 5.02 Å². The van der Waals surface area contributed by atoms with E-state index in [9.17, 15) is 36.8 Å². The number of fused-ring (bicyclic) bond motifs is 3. The van der Waals surface area contributed by atoms with Gasteiger partial charge in [-0.3, -0.25) is 19.3 Å². The molecule has 1 saturated carbocycles. The highest BCUT2D eigenvalue weighted by atomic mass is 35.5. The third-order valence-electron chi connectivity index (χ3n) is 10.2. The topological polar surface area (TPSA) is 181 Å². The van der Waals surface area contributed by atoms with Crippen LogP contribution in [0, 0.1) is 11.7 Å². The monoisotopic (exact) mass is 809 g/mol. The fourth-order valence-corrected chi connectivity index (χ4v) is 9.90. The van der Waals surface area contributed by atoms with Crippen LogP contribution in [-0.4, -0.2) is 84.0 Å². The smallest absolute Gasteiger partial charge is 0.410 e. The van der Waals surface area contributed by atoms with E-state index in [2.05, 4.69) is 15.4 Å². The van der Waals surface area contributed by atoms with Crippen molar-refractivity contribution in [2.24, 2.45) is 5.92 Å². The van der Waals surface area contributed by atoms with Gasteiger partial charge in [0.2, 0.25) is 11.8 Å². The molecule has 0 radical (unpaired) electrons. The number of alkyl carbamates (subject to hydrolysis) is 1. The number of hydrogen-bond donors (Lipinski definition) is 3. The molecule has 2 saturated heterocycles. The highest BCUT2D eigenvalue weighted by Gasteiger charge is 2.62. The normalized spacial score (nSPS) is 26.3. The summed E-state index contributed by atoms with van der Waals surface area (Å²) in [6.07, 6.45) is 1.97. The molecule has 6 rings (SSSR count). The lowest BCUT2D eigenvalue weighted by atomic mass is 10.0. The maximum Gasteiger partial charge on any atom is 0.410 e. The first-order chi connectivity index (χ1) is 25.5. The molecule has 0 bridgehead atoms. The molecule has 2 aromatic rings. The second-order valence-electron chi connectivity index (χ2n) is 15.4. The highest BCUT2D eigenvalue weighted by Crippen LogP contribution is 2.48. The molecule has 3 aliphatic heterocycles. The van der Waals surface area contributed by atoms with E-state index >= 15 is 0 Å². The van der Waals surface area contributed by atoms with Crippen LogP contribution < -0.4 is 15.4 Å². The maximum absolute atomic E-state index is 14.4. The van der Waals surface area contributed by atoms with Crippen molar-refractivity contribution in [1.82, 2.24) is 25.2 Å². The van der Waals surface area contributed by atoms with Crippen molar-refractivity contribution in [1.29, 1.82) is 0 Å². The Bertz CT molecular complexity index is 1920. The molecule has 4 heterocycles. The molecular weight excluding hydrogens is 765 g/mol. The van der Waals surface area contributed by atoms with Crippen LogP contribution in [0.4, 0.5) is 14.0 Å². The van der Waals surface area contributed by atoms with Gasteiger partial charge in [0.1, 0.15) is 39.4 Å². The van der Waals surface area contributed by atoms with Gasteiger partial charge in [-0.1, -0.05) is 55.8 Å². The molecular formula is C36H45ClFN5O9S2. The van der Waals surface area contributed by atoms with Gasteiger partial charge in [0.15, 0.2) is 0 Å². The molecule has 1 aliphatic carbocycles. The van der Waals surface area contributed by atoms with Crippen LogP contribution in [-0.2, 0) is 47.0 Å². The first-order valence-electron chi connectivity index (χ1n) is 18.1. The summed E-state index contributed by atoms with van der Waals surface area (Å²) in [7, 11) is -4.31. The zero-order valence-electron chi connectivity index (χ0n) is 30.3. The third kappa shape index (κ3) is 8.94. The first-order valence-corrected chi connectivity index (χ1v) is 20.8. The second-order valence-corrected chi connectivity index (χ2v) is 18.7. The number of amides is 5. The van der Waals surface area contributed by atoms with Crippen molar-refractivity contribution in [3.8, 4) is 0 Å². The summed E-state index contributed by atoms with van der Waals surface area (Å²) >= 11 is 6.79. The summed E-state index contributed by atoms with van der Waals surface area (Å²) < 4.78 is 54.0. The van der Waals surface area contributed by atoms with E-state index in [4.69, 9.17) is 21.1 Å². The summed E-state index contributed by atoms with van der Waals surface area (Å²) in [4.78, 5) is 71.4. The molecule has 5 atom stereocenters. The number of hydrogen-bond acceptors (Lipinski definition) is 10. The van der Waals surface area contributed by atoms with Crippen LogP contribution in [0.1, 0.15) is 89.7 Å². The Morgan fingerprint density at radius 2 is 1.80 bits per heavy atom. The van der Waals surface area contributed by atoms with Gasteiger partial charge in [-0.25, -0.2) is 27.1 Å². The van der Waals surface area contributed by atoms with Crippen molar-refractivity contribution < 1.29 is 46.3 Å². The first kappa shape index (κ1) is 39.7. The average Bonchev–Trinajstić information content (AvgIpc) is 3.46. The Hall–Kier alpha value is -3.96. The molecule has 5 amide bonds. The second kappa shape index (κ2) is 15.6. The van der Waals surface area contributed by atoms with Gasteiger partial charge in [0.25, 0.3) is 15.9 Å². The molecule has 294 valence electrons. The molecule has 1 aromatic heterocycles. The molecule has 54 heavy (non-hydrogen) atoms. The number of nitrogens with zero attached hydrogens (tertiary/aromatic N) is 2. The predicted octanol–water partition coefficient (Wildman–Crippen LogP) is 4.98. The summed E-state index contributed by atoms with van der Waals surface area (Å²) in [5.41, 5.74) is -1.40. The lowest BCUT2D eigenvalue weighted by Crippen LogP contribution is -2.58. The number of nitrogens with one attached hydrogen (secondary N) is 3. The van der Waals surface area contributed by atoms with Crippen LogP contribution in [0.15, 0.2) is 33.9 Å². The number of ether oxygens (including phenoxy) is 2. The lowest BCUT2D eigenvalue weighted by Gasteiger charge is -2.30. The van der Waals surface area contributed by atoms with E-state index in [1.165, 1.54) is 27.3 Å². The van der Waals surface area contributed by atoms with Crippen molar-refractivity contribution >= 4 is 62.9 Å². The van der Waals surface area contributed by atoms with Gasteiger partial charge in [-0.2, -0.15) is 0 Å². The molecule has 0 spiro atoms. The number of carbonyl (C=O) groups excluding carboxylic acids is 5. The minimum absolute atomic E-state index is 0.0123. The van der Waals surface area contributed by atoms with E-state index in [0.717, 1.165) is 37.0 Å². The van der Waals surface area contributed by atoms with Gasteiger partial charge >= 0.3 is 12.2 Å². The van der Waals surface area contributed by atoms with Crippen LogP contribution in [0.3, 0.4) is 0 Å². The summed E-state index contributed by atoms with van der Waals surface area (Å²) in [6.45, 7) is 4.97. The van der Waals surface area contributed by atoms with Crippen LogP contribution in [0.25, 0.3) is 0 Å². The van der Waals surface area contributed by atoms with Gasteiger partial charge in [-0.15, -0.1) is 11.3 Å². The van der Waals surface area contributed by atoms with E-state index in [1.807, 2.05) is 0 Å². The number of carbonyl (C=O) groups is 5. The Morgan fingerprint density at radius 3 is 2.48 bits per heavy atom. The number of halogens is 2. The summed E-state index contributed by atoms with van der Waals surface area (Å²) in [6, 6.07) is 3.47. The molecule has 3 N–H and O–H groups in total. The molecule has 1 aromatic carbocycles. The molecule has 18 heteroatoms. The van der Waals surface area contributed by atoms with Gasteiger partial charge < -0.3 is 25.0 Å². The van der Waals surface area contributed by atoms with Crippen LogP contribution >= 0.6 is 22.9 Å². The Labute approximate surface area is 322 Å². The minimum atomic E-state index is -4.31. The van der Waals surface area contributed by atoms with Gasteiger partial charge in [0.05, 0.1) is 18.1 Å². The number of thiophene rings is 1. The number of benzene rings is 1. The van der Waals surface area contributed by atoms with E-state index in [0.29, 0.717) is 24.0 Å². The SMILES string of the molecule is CC(C)(C)OC(=O)N[C@H]1CCCCCCC[C@H]2C[C@@]2(C(=O)NS(=O)(=O)c2cc(Cl)cs2)NC(=O)[C@@H]2C[C@@H](OC(=O)N3Cc4cccc(F)c4C3)CN2C1=O. The van der Waals surface area contributed by atoms with Crippen molar-refractivity contribution in [3.63, 3.8) is 0 Å². The van der Waals surface area contributed by atoms with Crippen LogP contribution in [0.5, 0.6) is 0 Å². The van der Waals surface area contributed by atoms with E-state index in [1.54, 1.807) is 32.9 Å². The summed E-state index contributed by atoms with van der Waals surface area (Å²) in [5.74, 6) is -3.06. The average molecular weight is 810 g/mol. The highest BCUT2D eigenvalue weighted by molar-refractivity contribution is 7.92. The molecule has 4 aliphatic rings. The Kier molecular flexibility index (Phi) is 11.5. The zero-order valence-corrected chi connectivity index (χ0v) is 32.7. The fraction of sp³-hybridized carbons (Fsp3) is 0.583. The molecule has 0 unspecified atom stereocenters. The largest absolute Gasteiger partial charge is 0.444 e. The maximum atomic E-state index is 14.4. The van der Waals surface area contributed by atoms with Crippen molar-refractivity contribution in [2.45, 2.75) is 125 Å². The predicted molar refractivity (Wildman–Crippen MR) is 195 cm³/mol. The Morgan fingerprint density at radius 1 is 1.07 bits per heavy atom. The fourth-order valence-electron chi connectivity index (χ4n) is 7.45. The standard InChI is InChI=1S/C36H45ClFN5O9S2/c1-35(2,3)52-33(47)39-27-13-8-6-4-5-7-11-22-16-36(22,32(46)41-54(49,50)29-14-23(37)20-53-29)40-30(44)28-15-24(18-43(28)31(27)45)51-34(48)42-17-21-10-9-12-26(38)25(21)19-42/h9-10,12,14,20,22,24,27-28H,4-8,11,13,15-19H2,1-3H3,(H,39,47)(H,40,44)(H,41,46)/t22-,24+,27-,28-,36+/m0/s1. The van der Waals surface area contributed by atoms with Crippen molar-refractivity contribution in [3.05, 3.63) is 51.6 Å². The number of rotatable bonds is 5. The van der Waals surface area contributed by atoms with E-state index < -0.39 is 75.1 Å². The zero-order chi connectivity index (χ0) is 39.0.